The summed E-state index contributed by atoms with van der Waals surface area (Å²) in [6.45, 7) is 0.710. The molecule has 0 bridgehead atoms. The van der Waals surface area contributed by atoms with Crippen molar-refractivity contribution in [3.05, 3.63) is 35.4 Å². The summed E-state index contributed by atoms with van der Waals surface area (Å²) in [4.78, 5) is 40.6. The molecule has 8 nitrogen and oxygen atoms in total. The van der Waals surface area contributed by atoms with Crippen LogP contribution in [0.3, 0.4) is 0 Å². The van der Waals surface area contributed by atoms with Crippen molar-refractivity contribution in [2.24, 2.45) is 17.6 Å². The van der Waals surface area contributed by atoms with Crippen LogP contribution in [0.2, 0.25) is 0 Å². The first-order valence-corrected chi connectivity index (χ1v) is 13.5. The zero-order valence-electron chi connectivity index (χ0n) is 21.3. The number of halogens is 1. The highest BCUT2D eigenvalue weighted by Crippen LogP contribution is 2.31. The summed E-state index contributed by atoms with van der Waals surface area (Å²) in [5, 5.41) is 8.74. The van der Waals surface area contributed by atoms with Crippen molar-refractivity contribution < 1.29 is 18.8 Å². The fraction of sp³-hybridized carbons (Fsp3) is 0.552. The first-order valence-electron chi connectivity index (χ1n) is 13.5. The third-order valence-corrected chi connectivity index (χ3v) is 7.69. The highest BCUT2D eigenvalue weighted by Gasteiger charge is 2.45. The lowest BCUT2D eigenvalue weighted by Crippen LogP contribution is -2.52. The maximum atomic E-state index is 13.5. The molecule has 2 aliphatic carbocycles. The minimum absolute atomic E-state index is 0.00863. The van der Waals surface area contributed by atoms with E-state index in [1.807, 2.05) is 24.3 Å². The number of nitrogens with zero attached hydrogens (tertiary/aromatic N) is 1. The molecule has 2 saturated heterocycles. The van der Waals surface area contributed by atoms with Crippen molar-refractivity contribution in [2.75, 3.05) is 13.1 Å². The molecule has 0 aromatic heterocycles. The molecule has 2 saturated carbocycles. The van der Waals surface area contributed by atoms with E-state index in [4.69, 9.17) is 5.73 Å². The molecule has 4 atom stereocenters. The monoisotopic (exact) mass is 519 g/mol. The van der Waals surface area contributed by atoms with E-state index >= 15 is 0 Å². The molecule has 200 valence electrons. The van der Waals surface area contributed by atoms with Gasteiger partial charge in [-0.25, -0.2) is 4.39 Å². The van der Waals surface area contributed by atoms with E-state index in [1.54, 1.807) is 4.90 Å². The molecule has 3 amide bonds. The van der Waals surface area contributed by atoms with Crippen molar-refractivity contribution in [1.29, 1.82) is 0 Å². The number of benzene rings is 1. The Hall–Kier alpha value is -3.40. The van der Waals surface area contributed by atoms with Gasteiger partial charge in [0.15, 0.2) is 0 Å². The second-order valence-electron chi connectivity index (χ2n) is 10.9. The molecule has 1 aromatic rings. The van der Waals surface area contributed by atoms with Gasteiger partial charge in [0.25, 0.3) is 0 Å². The molecular formula is C29H34FN5O3. The molecule has 2 aliphatic heterocycles. The van der Waals surface area contributed by atoms with Gasteiger partial charge in [0.05, 0.1) is 6.04 Å². The standard InChI is InChI=1S/C29H34FN5O3/c30-22-13-25(32-16-22)27(36)34-24-14-26(35(17-24)29(38)21-11-23(31)12-21)28(37)33-15-20-9-7-19(8-10-20)4-2-1-3-18-5-6-18/h7-10,18,21-26,32H,5-6,11-17,31H2,(H,33,37)(H,34,36)/t21?,22-,23?,24+,25-,26+/m0/s1. The van der Waals surface area contributed by atoms with E-state index in [0.717, 1.165) is 11.1 Å². The number of amides is 3. The molecule has 2 heterocycles. The van der Waals surface area contributed by atoms with Gasteiger partial charge in [-0.05, 0) is 61.6 Å². The van der Waals surface area contributed by atoms with Crippen LogP contribution in [0.15, 0.2) is 24.3 Å². The van der Waals surface area contributed by atoms with Crippen molar-refractivity contribution in [2.45, 2.75) is 75.4 Å². The Labute approximate surface area is 222 Å². The number of hydrogen-bond donors (Lipinski definition) is 4. The van der Waals surface area contributed by atoms with E-state index in [-0.39, 0.29) is 55.2 Å². The van der Waals surface area contributed by atoms with Gasteiger partial charge < -0.3 is 26.6 Å². The summed E-state index contributed by atoms with van der Waals surface area (Å²) in [5.74, 6) is 11.6. The van der Waals surface area contributed by atoms with Crippen LogP contribution in [0, 0.1) is 35.5 Å². The number of nitrogens with two attached hydrogens (primary N) is 1. The zero-order valence-corrected chi connectivity index (χ0v) is 21.3. The largest absolute Gasteiger partial charge is 0.350 e. The number of hydrogen-bond acceptors (Lipinski definition) is 5. The molecule has 4 aliphatic rings. The second-order valence-corrected chi connectivity index (χ2v) is 10.9. The summed E-state index contributed by atoms with van der Waals surface area (Å²) in [6.07, 6.45) is 2.94. The number of likely N-dealkylation sites (tertiary alicyclic amines) is 1. The van der Waals surface area contributed by atoms with Crippen LogP contribution in [0.5, 0.6) is 0 Å². The van der Waals surface area contributed by atoms with Gasteiger partial charge in [0.1, 0.15) is 12.2 Å². The topological polar surface area (TPSA) is 117 Å². The molecule has 5 N–H and O–H groups in total. The summed E-state index contributed by atoms with van der Waals surface area (Å²) in [7, 11) is 0. The lowest BCUT2D eigenvalue weighted by atomic mass is 9.80. The normalized spacial score (nSPS) is 29.8. The predicted molar refractivity (Wildman–Crippen MR) is 140 cm³/mol. The van der Waals surface area contributed by atoms with Crippen LogP contribution in [-0.4, -0.2) is 66.1 Å². The Bertz CT molecular complexity index is 1190. The third-order valence-electron chi connectivity index (χ3n) is 7.69. The molecule has 4 fully saturated rings. The quantitative estimate of drug-likeness (QED) is 0.411. The fourth-order valence-electron chi connectivity index (χ4n) is 5.21. The molecule has 38 heavy (non-hydrogen) atoms. The number of rotatable bonds is 6. The molecule has 0 unspecified atom stereocenters. The molecule has 9 heteroatoms. The minimum Gasteiger partial charge on any atom is -0.350 e. The van der Waals surface area contributed by atoms with Crippen molar-refractivity contribution in [1.82, 2.24) is 20.9 Å². The Morgan fingerprint density at radius 1 is 1.05 bits per heavy atom. The highest BCUT2D eigenvalue weighted by atomic mass is 19.1. The summed E-state index contributed by atoms with van der Waals surface area (Å²) < 4.78 is 13.5. The lowest BCUT2D eigenvalue weighted by Gasteiger charge is -2.36. The Morgan fingerprint density at radius 2 is 1.82 bits per heavy atom. The Morgan fingerprint density at radius 3 is 2.47 bits per heavy atom. The first-order chi connectivity index (χ1) is 18.4. The van der Waals surface area contributed by atoms with Crippen LogP contribution in [-0.2, 0) is 20.9 Å². The van der Waals surface area contributed by atoms with Crippen molar-refractivity contribution >= 4 is 17.7 Å². The van der Waals surface area contributed by atoms with E-state index in [1.165, 1.54) is 12.8 Å². The van der Waals surface area contributed by atoms with E-state index in [2.05, 4.69) is 39.6 Å². The van der Waals surface area contributed by atoms with Gasteiger partial charge in [-0.2, -0.15) is 0 Å². The molecule has 5 rings (SSSR count). The van der Waals surface area contributed by atoms with Gasteiger partial charge in [-0.3, -0.25) is 14.4 Å². The van der Waals surface area contributed by atoms with Gasteiger partial charge in [0, 0.05) is 55.5 Å². The summed E-state index contributed by atoms with van der Waals surface area (Å²) >= 11 is 0. The number of carbonyl (C=O) groups is 3. The van der Waals surface area contributed by atoms with Gasteiger partial charge in [0.2, 0.25) is 17.7 Å². The fourth-order valence-corrected chi connectivity index (χ4v) is 5.21. The number of carbonyl (C=O) groups excluding carboxylic acids is 3. The molecule has 0 radical (unpaired) electrons. The first kappa shape index (κ1) is 26.2. The van der Waals surface area contributed by atoms with Crippen LogP contribution < -0.4 is 21.7 Å². The molecular weight excluding hydrogens is 485 g/mol. The molecule has 1 aromatic carbocycles. The maximum Gasteiger partial charge on any atom is 0.243 e. The highest BCUT2D eigenvalue weighted by molar-refractivity contribution is 5.90. The third kappa shape index (κ3) is 6.53. The van der Waals surface area contributed by atoms with Gasteiger partial charge in [-0.15, -0.1) is 0 Å². The number of nitrogens with one attached hydrogen (secondary N) is 3. The summed E-state index contributed by atoms with van der Waals surface area (Å²) in [5.41, 5.74) is 7.65. The Kier molecular flexibility index (Phi) is 7.97. The Balaban J connectivity index is 1.18. The van der Waals surface area contributed by atoms with E-state index < -0.39 is 18.3 Å². The average molecular weight is 520 g/mol. The molecule has 0 spiro atoms. The maximum absolute atomic E-state index is 13.5. The van der Waals surface area contributed by atoms with Crippen LogP contribution >= 0.6 is 0 Å². The minimum atomic E-state index is -1.05. The zero-order chi connectivity index (χ0) is 26.6. The average Bonchev–Trinajstić information content (AvgIpc) is 3.46. The second kappa shape index (κ2) is 11.6. The van der Waals surface area contributed by atoms with E-state index in [9.17, 15) is 18.8 Å². The van der Waals surface area contributed by atoms with Gasteiger partial charge in [-0.1, -0.05) is 24.0 Å². The van der Waals surface area contributed by atoms with E-state index in [0.29, 0.717) is 31.7 Å². The SMILES string of the molecule is NC1CC(C(=O)N2C[C@H](NC(=O)[C@@H]3C[C@H](F)CN3)C[C@@H]2C(=O)NCc2ccc(C#CC#CC3CC3)cc2)C1. The van der Waals surface area contributed by atoms with Crippen LogP contribution in [0.1, 0.15) is 49.7 Å². The van der Waals surface area contributed by atoms with Gasteiger partial charge >= 0.3 is 0 Å². The summed E-state index contributed by atoms with van der Waals surface area (Å²) in [6, 6.07) is 5.94. The lowest BCUT2D eigenvalue weighted by molar-refractivity contribution is -0.144. The van der Waals surface area contributed by atoms with Crippen molar-refractivity contribution in [3.8, 4) is 23.7 Å². The smallest absolute Gasteiger partial charge is 0.243 e. The van der Waals surface area contributed by atoms with Crippen LogP contribution in [0.25, 0.3) is 0 Å². The van der Waals surface area contributed by atoms with Crippen LogP contribution in [0.4, 0.5) is 4.39 Å². The predicted octanol–water partition coefficient (Wildman–Crippen LogP) is 0.591. The number of alkyl halides is 1. The van der Waals surface area contributed by atoms with Crippen molar-refractivity contribution in [3.63, 3.8) is 0 Å².